The molecule has 0 radical (unpaired) electrons. The molecule has 7 heteroatoms. The highest BCUT2D eigenvalue weighted by Gasteiger charge is 2.18. The third kappa shape index (κ3) is 3.47. The highest BCUT2D eigenvalue weighted by Crippen LogP contribution is 2.24. The molecule has 4 aromatic rings. The van der Waals surface area contributed by atoms with Crippen LogP contribution in [0, 0.1) is 0 Å². The monoisotopic (exact) mass is 378 g/mol. The lowest BCUT2D eigenvalue weighted by Crippen LogP contribution is -2.24. The van der Waals surface area contributed by atoms with Gasteiger partial charge in [-0.3, -0.25) is 9.67 Å². The van der Waals surface area contributed by atoms with Gasteiger partial charge in [-0.05, 0) is 23.1 Å². The van der Waals surface area contributed by atoms with E-state index in [0.717, 1.165) is 16.5 Å². The van der Waals surface area contributed by atoms with Crippen LogP contribution in [0.4, 0.5) is 0 Å². The fourth-order valence-electron chi connectivity index (χ4n) is 3.07. The standard InChI is InChI=1S/C20H18N4O2S/c1-24-14-17(12-22-24)20-16(8-5-11-21-20)13-23-27(25,26)19-10-4-7-15-6-2-3-9-18(15)19/h2-12,14,23H,13H2,1H3. The van der Waals surface area contributed by atoms with E-state index in [0.29, 0.717) is 11.1 Å². The fourth-order valence-corrected chi connectivity index (χ4v) is 4.30. The van der Waals surface area contributed by atoms with E-state index in [1.807, 2.05) is 49.6 Å². The minimum Gasteiger partial charge on any atom is -0.275 e. The average Bonchev–Trinajstić information content (AvgIpc) is 3.12. The van der Waals surface area contributed by atoms with Crippen LogP contribution in [0.5, 0.6) is 0 Å². The number of sulfonamides is 1. The summed E-state index contributed by atoms with van der Waals surface area (Å²) in [5.74, 6) is 0. The smallest absolute Gasteiger partial charge is 0.241 e. The molecule has 0 saturated heterocycles. The van der Waals surface area contributed by atoms with Crippen LogP contribution in [-0.4, -0.2) is 23.2 Å². The topological polar surface area (TPSA) is 76.9 Å². The highest BCUT2D eigenvalue weighted by molar-refractivity contribution is 7.89. The van der Waals surface area contributed by atoms with E-state index in [-0.39, 0.29) is 11.4 Å². The van der Waals surface area contributed by atoms with E-state index in [2.05, 4.69) is 14.8 Å². The average molecular weight is 378 g/mol. The molecule has 0 amide bonds. The second kappa shape index (κ2) is 6.94. The molecule has 0 spiro atoms. The van der Waals surface area contributed by atoms with Crippen LogP contribution < -0.4 is 4.72 Å². The summed E-state index contributed by atoms with van der Waals surface area (Å²) >= 11 is 0. The Morgan fingerprint density at radius 1 is 1.04 bits per heavy atom. The van der Waals surface area contributed by atoms with Gasteiger partial charge >= 0.3 is 0 Å². The van der Waals surface area contributed by atoms with E-state index < -0.39 is 10.0 Å². The summed E-state index contributed by atoms with van der Waals surface area (Å²) in [6.07, 6.45) is 5.25. The van der Waals surface area contributed by atoms with Crippen molar-refractivity contribution in [1.82, 2.24) is 19.5 Å². The van der Waals surface area contributed by atoms with Gasteiger partial charge in [-0.2, -0.15) is 5.10 Å². The molecule has 136 valence electrons. The summed E-state index contributed by atoms with van der Waals surface area (Å²) < 4.78 is 30.2. The molecule has 0 fully saturated rings. The second-order valence-corrected chi connectivity index (χ2v) is 7.95. The molecular formula is C20H18N4O2S. The Labute approximate surface area is 157 Å². The molecular weight excluding hydrogens is 360 g/mol. The minimum atomic E-state index is -3.68. The molecule has 2 aromatic heterocycles. The summed E-state index contributed by atoms with van der Waals surface area (Å²) in [4.78, 5) is 4.67. The maximum absolute atomic E-state index is 12.9. The molecule has 6 nitrogen and oxygen atoms in total. The molecule has 2 aromatic carbocycles. The van der Waals surface area contributed by atoms with Gasteiger partial charge in [0, 0.05) is 36.9 Å². The number of benzene rings is 2. The van der Waals surface area contributed by atoms with Crippen molar-refractivity contribution in [3.8, 4) is 11.3 Å². The zero-order chi connectivity index (χ0) is 18.9. The van der Waals surface area contributed by atoms with Gasteiger partial charge in [0.1, 0.15) is 0 Å². The van der Waals surface area contributed by atoms with Gasteiger partial charge in [0.2, 0.25) is 10.0 Å². The fraction of sp³-hybridized carbons (Fsp3) is 0.100. The predicted molar refractivity (Wildman–Crippen MR) is 104 cm³/mol. The molecule has 4 rings (SSSR count). The Morgan fingerprint density at radius 3 is 2.67 bits per heavy atom. The predicted octanol–water partition coefficient (Wildman–Crippen LogP) is 3.11. The second-order valence-electron chi connectivity index (χ2n) is 6.22. The van der Waals surface area contributed by atoms with Crippen molar-refractivity contribution in [2.45, 2.75) is 11.4 Å². The van der Waals surface area contributed by atoms with E-state index in [9.17, 15) is 8.42 Å². The highest BCUT2D eigenvalue weighted by atomic mass is 32.2. The molecule has 1 N–H and O–H groups in total. The van der Waals surface area contributed by atoms with E-state index >= 15 is 0 Å². The molecule has 0 aliphatic carbocycles. The zero-order valence-corrected chi connectivity index (χ0v) is 15.5. The molecule has 27 heavy (non-hydrogen) atoms. The Hall–Kier alpha value is -3.03. The molecule has 0 saturated carbocycles. The molecule has 0 atom stereocenters. The number of hydrogen-bond acceptors (Lipinski definition) is 4. The van der Waals surface area contributed by atoms with Crippen LogP contribution in [-0.2, 0) is 23.6 Å². The van der Waals surface area contributed by atoms with Crippen LogP contribution in [0.3, 0.4) is 0 Å². The van der Waals surface area contributed by atoms with Crippen molar-refractivity contribution in [3.63, 3.8) is 0 Å². The molecule has 0 unspecified atom stereocenters. The summed E-state index contributed by atoms with van der Waals surface area (Å²) in [7, 11) is -1.85. The molecule has 0 aliphatic heterocycles. The van der Waals surface area contributed by atoms with Crippen LogP contribution in [0.1, 0.15) is 5.56 Å². The Bertz CT molecular complexity index is 1210. The zero-order valence-electron chi connectivity index (χ0n) is 14.7. The number of nitrogens with zero attached hydrogens (tertiary/aromatic N) is 3. The van der Waals surface area contributed by atoms with Crippen molar-refractivity contribution in [2.75, 3.05) is 0 Å². The van der Waals surface area contributed by atoms with Gasteiger partial charge in [-0.25, -0.2) is 13.1 Å². The number of nitrogens with one attached hydrogen (secondary N) is 1. The number of pyridine rings is 1. The lowest BCUT2D eigenvalue weighted by molar-refractivity contribution is 0.582. The molecule has 0 bridgehead atoms. The lowest BCUT2D eigenvalue weighted by Gasteiger charge is -2.11. The van der Waals surface area contributed by atoms with Gasteiger partial charge in [-0.1, -0.05) is 42.5 Å². The van der Waals surface area contributed by atoms with Crippen LogP contribution in [0.15, 0.2) is 78.1 Å². The normalized spacial score (nSPS) is 11.7. The van der Waals surface area contributed by atoms with Crippen molar-refractivity contribution < 1.29 is 8.42 Å². The number of rotatable bonds is 5. The maximum atomic E-state index is 12.9. The molecule has 0 aliphatic rings. The van der Waals surface area contributed by atoms with Gasteiger partial charge in [0.25, 0.3) is 0 Å². The first-order valence-electron chi connectivity index (χ1n) is 8.45. The van der Waals surface area contributed by atoms with Gasteiger partial charge in [0.05, 0.1) is 16.8 Å². The third-order valence-electron chi connectivity index (χ3n) is 4.36. The van der Waals surface area contributed by atoms with Crippen molar-refractivity contribution in [1.29, 1.82) is 0 Å². The quantitative estimate of drug-likeness (QED) is 0.579. The largest absolute Gasteiger partial charge is 0.275 e. The van der Waals surface area contributed by atoms with Crippen LogP contribution >= 0.6 is 0 Å². The number of aryl methyl sites for hydroxylation is 1. The van der Waals surface area contributed by atoms with Crippen molar-refractivity contribution >= 4 is 20.8 Å². The summed E-state index contributed by atoms with van der Waals surface area (Å²) in [6, 6.07) is 16.4. The first-order chi connectivity index (χ1) is 13.0. The summed E-state index contributed by atoms with van der Waals surface area (Å²) in [6.45, 7) is 0.142. The van der Waals surface area contributed by atoms with Gasteiger partial charge in [0.15, 0.2) is 0 Å². The first-order valence-corrected chi connectivity index (χ1v) is 9.93. The van der Waals surface area contributed by atoms with Crippen LogP contribution in [0.25, 0.3) is 22.0 Å². The van der Waals surface area contributed by atoms with Crippen molar-refractivity contribution in [3.05, 3.63) is 78.8 Å². The number of hydrogen-bond donors (Lipinski definition) is 1. The minimum absolute atomic E-state index is 0.142. The third-order valence-corrected chi connectivity index (χ3v) is 5.82. The SMILES string of the molecule is Cn1cc(-c2ncccc2CNS(=O)(=O)c2cccc3ccccc23)cn1. The van der Waals surface area contributed by atoms with Gasteiger partial charge in [-0.15, -0.1) is 0 Å². The summed E-state index contributed by atoms with van der Waals surface area (Å²) in [5.41, 5.74) is 2.35. The van der Waals surface area contributed by atoms with E-state index in [1.165, 1.54) is 0 Å². The first kappa shape index (κ1) is 17.4. The number of fused-ring (bicyclic) bond motifs is 1. The Kier molecular flexibility index (Phi) is 4.47. The van der Waals surface area contributed by atoms with E-state index in [4.69, 9.17) is 0 Å². The summed E-state index contributed by atoms with van der Waals surface area (Å²) in [5, 5.41) is 5.75. The van der Waals surface area contributed by atoms with Gasteiger partial charge < -0.3 is 0 Å². The Morgan fingerprint density at radius 2 is 1.85 bits per heavy atom. The van der Waals surface area contributed by atoms with Crippen molar-refractivity contribution in [2.24, 2.45) is 7.05 Å². The van der Waals surface area contributed by atoms with E-state index in [1.54, 1.807) is 35.3 Å². The van der Waals surface area contributed by atoms with Crippen LogP contribution in [0.2, 0.25) is 0 Å². The maximum Gasteiger partial charge on any atom is 0.241 e. The lowest BCUT2D eigenvalue weighted by atomic mass is 10.1. The molecule has 2 heterocycles. The Balaban J connectivity index is 1.66. The number of aromatic nitrogens is 3.